The highest BCUT2D eigenvalue weighted by Gasteiger charge is 2.29. The molecule has 0 heterocycles. The lowest BCUT2D eigenvalue weighted by Gasteiger charge is -2.38. The minimum Gasteiger partial charge on any atom is -0.311 e. The summed E-state index contributed by atoms with van der Waals surface area (Å²) in [6.07, 6.45) is 8.23. The van der Waals surface area contributed by atoms with Gasteiger partial charge >= 0.3 is 0 Å². The van der Waals surface area contributed by atoms with Crippen molar-refractivity contribution in [2.45, 2.75) is 92.2 Å². The molecule has 0 aromatic rings. The summed E-state index contributed by atoms with van der Waals surface area (Å²) in [6.45, 7) is 14.2. The molecule has 1 aliphatic rings. The van der Waals surface area contributed by atoms with Crippen LogP contribution in [0.3, 0.4) is 0 Å². The molecule has 1 heteroatoms. The Labute approximate surface area is 115 Å². The van der Waals surface area contributed by atoms with Gasteiger partial charge in [-0.2, -0.15) is 0 Å². The van der Waals surface area contributed by atoms with Gasteiger partial charge in [0.05, 0.1) is 0 Å². The fraction of sp³-hybridized carbons (Fsp3) is 1.00. The van der Waals surface area contributed by atoms with Crippen LogP contribution in [0.15, 0.2) is 0 Å². The molecule has 1 N–H and O–H groups in total. The van der Waals surface area contributed by atoms with Crippen molar-refractivity contribution in [2.24, 2.45) is 17.3 Å². The highest BCUT2D eigenvalue weighted by atomic mass is 14.9. The van der Waals surface area contributed by atoms with Gasteiger partial charge in [-0.3, -0.25) is 0 Å². The predicted octanol–water partition coefficient (Wildman–Crippen LogP) is 5.01. The van der Waals surface area contributed by atoms with Gasteiger partial charge in [0.15, 0.2) is 0 Å². The van der Waals surface area contributed by atoms with E-state index in [2.05, 4.69) is 46.9 Å². The van der Waals surface area contributed by atoms with Crippen LogP contribution >= 0.6 is 0 Å². The van der Waals surface area contributed by atoms with Gasteiger partial charge < -0.3 is 5.32 Å². The van der Waals surface area contributed by atoms with E-state index < -0.39 is 0 Å². The van der Waals surface area contributed by atoms with Crippen molar-refractivity contribution in [1.29, 1.82) is 0 Å². The SMILES string of the molecule is CCC(C)CC(C)NC1CCC(C(C)(C)C)CC1. The van der Waals surface area contributed by atoms with E-state index in [-0.39, 0.29) is 0 Å². The lowest BCUT2D eigenvalue weighted by molar-refractivity contribution is 0.155. The van der Waals surface area contributed by atoms with Crippen LogP contribution in [0.5, 0.6) is 0 Å². The van der Waals surface area contributed by atoms with Gasteiger partial charge in [-0.05, 0) is 56.3 Å². The van der Waals surface area contributed by atoms with E-state index in [9.17, 15) is 0 Å². The third-order valence-electron chi connectivity index (χ3n) is 4.92. The van der Waals surface area contributed by atoms with Crippen molar-refractivity contribution in [2.75, 3.05) is 0 Å². The van der Waals surface area contributed by atoms with Crippen LogP contribution in [0.2, 0.25) is 0 Å². The van der Waals surface area contributed by atoms with Gasteiger partial charge in [0.1, 0.15) is 0 Å². The quantitative estimate of drug-likeness (QED) is 0.726. The zero-order chi connectivity index (χ0) is 13.8. The summed E-state index contributed by atoms with van der Waals surface area (Å²) in [5.74, 6) is 1.79. The molecule has 0 radical (unpaired) electrons. The first-order valence-corrected chi connectivity index (χ1v) is 8.09. The van der Waals surface area contributed by atoms with Crippen molar-refractivity contribution >= 4 is 0 Å². The fourth-order valence-electron chi connectivity index (χ4n) is 3.37. The highest BCUT2D eigenvalue weighted by Crippen LogP contribution is 2.37. The molecule has 0 amide bonds. The van der Waals surface area contributed by atoms with E-state index in [0.29, 0.717) is 11.5 Å². The minimum absolute atomic E-state index is 0.507. The molecular formula is C17H35N. The summed E-state index contributed by atoms with van der Waals surface area (Å²) in [6, 6.07) is 1.47. The van der Waals surface area contributed by atoms with Gasteiger partial charge in [-0.25, -0.2) is 0 Å². The Balaban J connectivity index is 2.27. The summed E-state index contributed by atoms with van der Waals surface area (Å²) in [5, 5.41) is 3.86. The van der Waals surface area contributed by atoms with Crippen molar-refractivity contribution in [1.82, 2.24) is 5.32 Å². The summed E-state index contributed by atoms with van der Waals surface area (Å²) in [7, 11) is 0. The van der Waals surface area contributed by atoms with E-state index in [4.69, 9.17) is 0 Å². The summed E-state index contributed by atoms with van der Waals surface area (Å²) >= 11 is 0. The van der Waals surface area contributed by atoms with Crippen LogP contribution in [-0.4, -0.2) is 12.1 Å². The summed E-state index contributed by atoms with van der Waals surface area (Å²) in [4.78, 5) is 0. The molecule has 1 aliphatic carbocycles. The van der Waals surface area contributed by atoms with Gasteiger partial charge in [0.2, 0.25) is 0 Å². The van der Waals surface area contributed by atoms with Crippen LogP contribution in [0.1, 0.15) is 80.1 Å². The van der Waals surface area contributed by atoms with Crippen molar-refractivity contribution in [3.05, 3.63) is 0 Å². The number of nitrogens with one attached hydrogen (secondary N) is 1. The van der Waals surface area contributed by atoms with Crippen molar-refractivity contribution < 1.29 is 0 Å². The molecule has 18 heavy (non-hydrogen) atoms. The van der Waals surface area contributed by atoms with E-state index in [0.717, 1.165) is 17.9 Å². The van der Waals surface area contributed by atoms with E-state index in [1.54, 1.807) is 0 Å². The minimum atomic E-state index is 0.507. The largest absolute Gasteiger partial charge is 0.311 e. The van der Waals surface area contributed by atoms with Crippen molar-refractivity contribution in [3.63, 3.8) is 0 Å². The molecular weight excluding hydrogens is 218 g/mol. The van der Waals surface area contributed by atoms with E-state index in [1.807, 2.05) is 0 Å². The van der Waals surface area contributed by atoms with Crippen LogP contribution in [0.25, 0.3) is 0 Å². The average molecular weight is 253 g/mol. The maximum Gasteiger partial charge on any atom is 0.00697 e. The van der Waals surface area contributed by atoms with Gasteiger partial charge in [0.25, 0.3) is 0 Å². The first-order chi connectivity index (χ1) is 8.32. The molecule has 1 rings (SSSR count). The Kier molecular flexibility index (Phi) is 6.17. The second kappa shape index (κ2) is 6.93. The van der Waals surface area contributed by atoms with Crippen LogP contribution < -0.4 is 5.32 Å². The zero-order valence-corrected chi connectivity index (χ0v) is 13.6. The van der Waals surface area contributed by atoms with Gasteiger partial charge in [-0.15, -0.1) is 0 Å². The van der Waals surface area contributed by atoms with E-state index in [1.165, 1.54) is 38.5 Å². The number of hydrogen-bond acceptors (Lipinski definition) is 1. The first kappa shape index (κ1) is 16.0. The monoisotopic (exact) mass is 253 g/mol. The molecule has 1 saturated carbocycles. The average Bonchev–Trinajstić information content (AvgIpc) is 2.28. The summed E-state index contributed by atoms with van der Waals surface area (Å²) in [5.41, 5.74) is 0.507. The smallest absolute Gasteiger partial charge is 0.00697 e. The molecule has 1 nitrogen and oxygen atoms in total. The molecule has 0 aliphatic heterocycles. The predicted molar refractivity (Wildman–Crippen MR) is 81.9 cm³/mol. The zero-order valence-electron chi connectivity index (χ0n) is 13.6. The topological polar surface area (TPSA) is 12.0 Å². The van der Waals surface area contributed by atoms with Gasteiger partial charge in [-0.1, -0.05) is 41.0 Å². The Morgan fingerprint density at radius 1 is 1.06 bits per heavy atom. The van der Waals surface area contributed by atoms with Crippen LogP contribution in [-0.2, 0) is 0 Å². The lowest BCUT2D eigenvalue weighted by atomic mass is 9.71. The third kappa shape index (κ3) is 5.30. The molecule has 0 aromatic carbocycles. The molecule has 108 valence electrons. The van der Waals surface area contributed by atoms with Crippen molar-refractivity contribution in [3.8, 4) is 0 Å². The number of rotatable bonds is 5. The standard InChI is InChI=1S/C17H35N/c1-7-13(2)12-14(3)18-16-10-8-15(9-11-16)17(4,5)6/h13-16,18H,7-12H2,1-6H3. The molecule has 0 spiro atoms. The summed E-state index contributed by atoms with van der Waals surface area (Å²) < 4.78 is 0. The fourth-order valence-corrected chi connectivity index (χ4v) is 3.37. The molecule has 0 aromatic heterocycles. The molecule has 0 bridgehead atoms. The van der Waals surface area contributed by atoms with Crippen LogP contribution in [0.4, 0.5) is 0 Å². The molecule has 2 unspecified atom stereocenters. The Hall–Kier alpha value is -0.0400. The highest BCUT2D eigenvalue weighted by molar-refractivity contribution is 4.84. The maximum atomic E-state index is 3.86. The second-order valence-corrected chi connectivity index (χ2v) is 7.73. The second-order valence-electron chi connectivity index (χ2n) is 7.73. The molecule has 2 atom stereocenters. The first-order valence-electron chi connectivity index (χ1n) is 8.09. The Morgan fingerprint density at radius 2 is 1.61 bits per heavy atom. The Bertz CT molecular complexity index is 220. The maximum absolute atomic E-state index is 3.86. The molecule has 1 fully saturated rings. The normalized spacial score (nSPS) is 29.0. The Morgan fingerprint density at radius 3 is 2.06 bits per heavy atom. The van der Waals surface area contributed by atoms with Gasteiger partial charge in [0, 0.05) is 12.1 Å². The molecule has 0 saturated heterocycles. The van der Waals surface area contributed by atoms with Crippen LogP contribution in [0, 0.1) is 17.3 Å². The van der Waals surface area contributed by atoms with E-state index >= 15 is 0 Å². The third-order valence-corrected chi connectivity index (χ3v) is 4.92. The lowest BCUT2D eigenvalue weighted by Crippen LogP contribution is -2.41. The number of hydrogen-bond donors (Lipinski definition) is 1.